The number of allylic oxidation sites excluding steroid dienone is 1. The Morgan fingerprint density at radius 1 is 0.784 bits per heavy atom. The van der Waals surface area contributed by atoms with Crippen LogP contribution in [-0.2, 0) is 20.7 Å². The summed E-state index contributed by atoms with van der Waals surface area (Å²) in [5.74, 6) is 0. The third-order valence-electron chi connectivity index (χ3n) is 6.17. The molecule has 2 aromatic carbocycles. The molecule has 0 amide bonds. The van der Waals surface area contributed by atoms with Crippen LogP contribution in [0.1, 0.15) is 65.2 Å². The van der Waals surface area contributed by atoms with Gasteiger partial charge in [0.2, 0.25) is 0 Å². The van der Waals surface area contributed by atoms with Crippen molar-refractivity contribution >= 4 is 16.3 Å². The van der Waals surface area contributed by atoms with Crippen LogP contribution in [-0.4, -0.2) is 47.0 Å². The molecule has 0 aliphatic carbocycles. The number of alkyl halides is 6. The molecule has 2 aromatic rings. The second-order valence-corrected chi connectivity index (χ2v) is 11.0. The maximum Gasteiger partial charge on any atom is 0.428 e. The van der Waals surface area contributed by atoms with Gasteiger partial charge < -0.3 is 19.7 Å². The van der Waals surface area contributed by atoms with Crippen molar-refractivity contribution in [2.75, 3.05) is 13.2 Å². The van der Waals surface area contributed by atoms with Crippen molar-refractivity contribution in [1.29, 1.82) is 0 Å². The topological polar surface area (TPSA) is 58.9 Å². The molecule has 0 atom stereocenters. The van der Waals surface area contributed by atoms with Crippen LogP contribution in [0.5, 0.6) is 0 Å². The molecule has 0 spiro atoms. The van der Waals surface area contributed by atoms with Gasteiger partial charge >= 0.3 is 12.4 Å². The van der Waals surface area contributed by atoms with Crippen LogP contribution >= 0.6 is 0 Å². The summed E-state index contributed by atoms with van der Waals surface area (Å²) in [5, 5.41) is 21.0. The van der Waals surface area contributed by atoms with E-state index in [0.29, 0.717) is 22.1 Å². The van der Waals surface area contributed by atoms with Crippen molar-refractivity contribution < 1.29 is 46.0 Å². The smallest absolute Gasteiger partial charge is 0.388 e. The van der Waals surface area contributed by atoms with Crippen molar-refractivity contribution in [2.45, 2.75) is 83.2 Å². The van der Waals surface area contributed by atoms with Gasteiger partial charge in [-0.15, -0.1) is 0 Å². The lowest BCUT2D eigenvalue weighted by Crippen LogP contribution is -2.60. The summed E-state index contributed by atoms with van der Waals surface area (Å²) in [6.07, 6.45) is -12.0. The molecule has 0 heterocycles. The van der Waals surface area contributed by atoms with Crippen LogP contribution in [0.2, 0.25) is 0 Å². The zero-order valence-corrected chi connectivity index (χ0v) is 22.0. The maximum absolute atomic E-state index is 13.2. The fourth-order valence-corrected chi connectivity index (χ4v) is 3.74. The molecule has 2 N–H and O–H groups in total. The highest BCUT2D eigenvalue weighted by molar-refractivity contribution is 5.96. The first-order chi connectivity index (χ1) is 16.4. The minimum Gasteiger partial charge on any atom is -0.388 e. The molecule has 4 nitrogen and oxygen atoms in total. The van der Waals surface area contributed by atoms with E-state index in [0.717, 1.165) is 5.39 Å². The third kappa shape index (κ3) is 6.66. The largest absolute Gasteiger partial charge is 0.428 e. The first-order valence-corrected chi connectivity index (χ1v) is 11.5. The van der Waals surface area contributed by atoms with Crippen molar-refractivity contribution in [2.24, 2.45) is 0 Å². The Kier molecular flexibility index (Phi) is 8.29. The number of fused-ring (bicyclic) bond motifs is 1. The van der Waals surface area contributed by atoms with Gasteiger partial charge in [0.15, 0.2) is 0 Å². The number of rotatable bonds is 9. The quantitative estimate of drug-likeness (QED) is 0.339. The summed E-state index contributed by atoms with van der Waals surface area (Å²) in [7, 11) is 0. The molecule has 0 fully saturated rings. The molecule has 0 aliphatic heterocycles. The molecule has 0 bridgehead atoms. The monoisotopic (exact) mass is 536 g/mol. The Morgan fingerprint density at radius 2 is 1.30 bits per heavy atom. The molecule has 0 saturated carbocycles. The average Bonchev–Trinajstić information content (AvgIpc) is 2.72. The highest BCUT2D eigenvalue weighted by atomic mass is 19.4. The Morgan fingerprint density at radius 3 is 1.76 bits per heavy atom. The molecule has 208 valence electrons. The van der Waals surface area contributed by atoms with Gasteiger partial charge in [0.1, 0.15) is 0 Å². The van der Waals surface area contributed by atoms with Gasteiger partial charge in [-0.2, -0.15) is 26.3 Å². The summed E-state index contributed by atoms with van der Waals surface area (Å²) in [6, 6.07) is 8.62. The number of ether oxygens (including phenoxy) is 2. The second kappa shape index (κ2) is 9.87. The van der Waals surface area contributed by atoms with E-state index >= 15 is 0 Å². The van der Waals surface area contributed by atoms with Crippen LogP contribution in [0.4, 0.5) is 26.3 Å². The zero-order chi connectivity index (χ0) is 28.8. The van der Waals surface area contributed by atoms with Crippen molar-refractivity contribution in [3.63, 3.8) is 0 Å². The minimum absolute atomic E-state index is 0.00545. The van der Waals surface area contributed by atoms with Crippen LogP contribution in [0.25, 0.3) is 16.3 Å². The molecule has 10 heteroatoms. The van der Waals surface area contributed by atoms with Crippen LogP contribution in [0, 0.1) is 0 Å². The molecule has 0 aromatic heterocycles. The van der Waals surface area contributed by atoms with E-state index in [4.69, 9.17) is 9.47 Å². The fourth-order valence-electron chi connectivity index (χ4n) is 3.74. The first-order valence-electron chi connectivity index (χ1n) is 11.5. The molecular formula is C27H34F6O4. The predicted octanol–water partition coefficient (Wildman–Crippen LogP) is 7.00. The SMILES string of the molecule is C=C(C)c1cc(C(C)(C)OCC(O)(C(F)(F)F)C(F)(F)F)cc2c(C(C)(C)OCC(C)(C)O)cccc12. The third-order valence-corrected chi connectivity index (χ3v) is 6.17. The van der Waals surface area contributed by atoms with Gasteiger partial charge in [0, 0.05) is 0 Å². The maximum atomic E-state index is 13.2. The standard InChI is InChI=1S/C27H34F6O4/c1-16(2)19-12-17(23(5,6)37-15-25(35,26(28,29)30)27(31,32)33)13-20-18(19)10-9-11-21(20)24(7,8)36-14-22(3,4)34/h9-13,34-35H,1,14-15H2,2-8H3. The van der Waals surface area contributed by atoms with E-state index in [-0.39, 0.29) is 12.2 Å². The van der Waals surface area contributed by atoms with Crippen LogP contribution in [0.3, 0.4) is 0 Å². The Hall–Kier alpha value is -2.14. The zero-order valence-electron chi connectivity index (χ0n) is 22.0. The van der Waals surface area contributed by atoms with Crippen molar-refractivity contribution in [1.82, 2.24) is 0 Å². The van der Waals surface area contributed by atoms with E-state index < -0.39 is 41.4 Å². The second-order valence-electron chi connectivity index (χ2n) is 11.0. The molecule has 0 saturated heterocycles. The molecule has 37 heavy (non-hydrogen) atoms. The van der Waals surface area contributed by atoms with E-state index in [1.165, 1.54) is 13.8 Å². The van der Waals surface area contributed by atoms with Gasteiger partial charge in [-0.05, 0) is 88.1 Å². The summed E-state index contributed by atoms with van der Waals surface area (Å²) < 4.78 is 90.4. The summed E-state index contributed by atoms with van der Waals surface area (Å²) in [5.41, 5.74) is -6.57. The number of benzene rings is 2. The number of halogens is 6. The summed E-state index contributed by atoms with van der Waals surface area (Å²) in [4.78, 5) is 0. The lowest BCUT2D eigenvalue weighted by Gasteiger charge is -2.36. The van der Waals surface area contributed by atoms with E-state index in [1.807, 2.05) is 6.07 Å². The normalized spacial score (nSPS) is 14.4. The summed E-state index contributed by atoms with van der Waals surface area (Å²) in [6.45, 7) is 13.0. The van der Waals surface area contributed by atoms with Gasteiger partial charge in [0.05, 0.1) is 30.0 Å². The fraction of sp³-hybridized carbons (Fsp3) is 0.556. The van der Waals surface area contributed by atoms with E-state index in [9.17, 15) is 36.6 Å². The molecule has 0 aliphatic rings. The van der Waals surface area contributed by atoms with Gasteiger partial charge in [-0.3, -0.25) is 0 Å². The van der Waals surface area contributed by atoms with E-state index in [1.54, 1.807) is 58.9 Å². The molecule has 2 rings (SSSR count). The Balaban J connectivity index is 2.65. The summed E-state index contributed by atoms with van der Waals surface area (Å²) >= 11 is 0. The highest BCUT2D eigenvalue weighted by Crippen LogP contribution is 2.45. The van der Waals surface area contributed by atoms with Crippen LogP contribution < -0.4 is 0 Å². The van der Waals surface area contributed by atoms with Crippen LogP contribution in [0.15, 0.2) is 36.9 Å². The minimum atomic E-state index is -6.00. The molecular weight excluding hydrogens is 502 g/mol. The number of hydrogen-bond acceptors (Lipinski definition) is 4. The van der Waals surface area contributed by atoms with Gasteiger partial charge in [-0.1, -0.05) is 30.4 Å². The van der Waals surface area contributed by atoms with Gasteiger partial charge in [-0.25, -0.2) is 0 Å². The number of hydrogen-bond donors (Lipinski definition) is 2. The van der Waals surface area contributed by atoms with Crippen molar-refractivity contribution in [3.05, 3.63) is 53.6 Å². The van der Waals surface area contributed by atoms with Gasteiger partial charge in [0.25, 0.3) is 5.60 Å². The lowest BCUT2D eigenvalue weighted by atomic mass is 9.85. The molecule has 0 unspecified atom stereocenters. The number of aliphatic hydroxyl groups is 2. The Bertz CT molecular complexity index is 1130. The lowest BCUT2D eigenvalue weighted by molar-refractivity contribution is -0.382. The van der Waals surface area contributed by atoms with Crippen molar-refractivity contribution in [3.8, 4) is 0 Å². The van der Waals surface area contributed by atoms with E-state index in [2.05, 4.69) is 6.58 Å². The molecule has 0 radical (unpaired) electrons. The average molecular weight is 537 g/mol. The highest BCUT2D eigenvalue weighted by Gasteiger charge is 2.71. The first kappa shape index (κ1) is 31.1. The Labute approximate surface area is 212 Å². The predicted molar refractivity (Wildman–Crippen MR) is 130 cm³/mol.